The third-order valence-electron chi connectivity index (χ3n) is 4.46. The molecule has 0 unspecified atom stereocenters. The van der Waals surface area contributed by atoms with Crippen LogP contribution in [0, 0.1) is 0 Å². The largest absolute Gasteiger partial charge is 0.497 e. The van der Waals surface area contributed by atoms with Crippen LogP contribution in [0.5, 0.6) is 11.6 Å². The quantitative estimate of drug-likeness (QED) is 0.851. The van der Waals surface area contributed by atoms with E-state index in [1.54, 1.807) is 18.1 Å². The van der Waals surface area contributed by atoms with E-state index in [9.17, 15) is 4.79 Å². The molecule has 25 heavy (non-hydrogen) atoms. The van der Waals surface area contributed by atoms with Crippen molar-refractivity contribution in [2.75, 3.05) is 20.8 Å². The van der Waals surface area contributed by atoms with Gasteiger partial charge in [0, 0.05) is 29.5 Å². The van der Waals surface area contributed by atoms with Crippen molar-refractivity contribution < 1.29 is 19.0 Å². The van der Waals surface area contributed by atoms with Crippen LogP contribution in [0.4, 0.5) is 4.79 Å². The smallest absolute Gasteiger partial charge is 0.409 e. The Balaban J connectivity index is 1.87. The van der Waals surface area contributed by atoms with Gasteiger partial charge in [-0.2, -0.15) is 0 Å². The van der Waals surface area contributed by atoms with Crippen molar-refractivity contribution >= 4 is 23.1 Å². The first kappa shape index (κ1) is 17.1. The molecule has 2 atom stereocenters. The number of aromatic nitrogens is 1. The van der Waals surface area contributed by atoms with Gasteiger partial charge in [0.2, 0.25) is 5.88 Å². The highest BCUT2D eigenvalue weighted by atomic mass is 16.5. The lowest BCUT2D eigenvalue weighted by Crippen LogP contribution is -2.34. The van der Waals surface area contributed by atoms with E-state index < -0.39 is 0 Å². The van der Waals surface area contributed by atoms with E-state index in [0.29, 0.717) is 12.4 Å². The number of rotatable bonds is 4. The lowest BCUT2D eigenvalue weighted by atomic mass is 10.1. The van der Waals surface area contributed by atoms with Crippen LogP contribution in [0.1, 0.15) is 18.9 Å². The van der Waals surface area contributed by atoms with Crippen LogP contribution in [0.2, 0.25) is 0 Å². The van der Waals surface area contributed by atoms with Gasteiger partial charge in [-0.15, -0.1) is 0 Å². The fourth-order valence-electron chi connectivity index (χ4n) is 3.11. The molecule has 1 amide bonds. The zero-order valence-corrected chi connectivity index (χ0v) is 14.7. The molecule has 1 fully saturated rings. The molecule has 1 aliphatic rings. The van der Waals surface area contributed by atoms with Crippen molar-refractivity contribution in [1.82, 2.24) is 9.88 Å². The molecule has 132 valence electrons. The van der Waals surface area contributed by atoms with Gasteiger partial charge < -0.3 is 19.1 Å². The zero-order chi connectivity index (χ0) is 18.0. The molecule has 0 spiro atoms. The fourth-order valence-corrected chi connectivity index (χ4v) is 3.11. The normalized spacial score (nSPS) is 19.7. The molecule has 0 saturated carbocycles. The van der Waals surface area contributed by atoms with E-state index in [1.807, 2.05) is 31.2 Å². The molecule has 6 heteroatoms. The highest BCUT2D eigenvalue weighted by molar-refractivity contribution is 5.83. The van der Waals surface area contributed by atoms with E-state index in [-0.39, 0.29) is 18.2 Å². The van der Waals surface area contributed by atoms with E-state index in [2.05, 4.69) is 11.6 Å². The number of nitrogens with zero attached hydrogens (tertiary/aromatic N) is 2. The average Bonchev–Trinajstić information content (AvgIpc) is 3.00. The van der Waals surface area contributed by atoms with Crippen LogP contribution in [-0.2, 0) is 4.74 Å². The average molecular weight is 342 g/mol. The van der Waals surface area contributed by atoms with Gasteiger partial charge in [0.05, 0.1) is 26.3 Å². The van der Waals surface area contributed by atoms with Gasteiger partial charge in [0.15, 0.2) is 0 Å². The number of methoxy groups -OCH3 is 2. The molecule has 0 bridgehead atoms. The highest BCUT2D eigenvalue weighted by Crippen LogP contribution is 2.29. The molecule has 3 rings (SSSR count). The number of hydrogen-bond donors (Lipinski definition) is 0. The maximum atomic E-state index is 11.8. The summed E-state index contributed by atoms with van der Waals surface area (Å²) in [6, 6.07) is 7.76. The van der Waals surface area contributed by atoms with E-state index >= 15 is 0 Å². The number of benzene rings is 1. The first-order valence-electron chi connectivity index (χ1n) is 8.18. The molecule has 2 heterocycles. The maximum absolute atomic E-state index is 11.8. The number of carbonyl (C=O) groups is 1. The van der Waals surface area contributed by atoms with Crippen molar-refractivity contribution in [3.8, 4) is 11.6 Å². The van der Waals surface area contributed by atoms with E-state index in [0.717, 1.165) is 28.6 Å². The molecular weight excluding hydrogens is 320 g/mol. The molecule has 0 aliphatic carbocycles. The minimum Gasteiger partial charge on any atom is -0.497 e. The Morgan fingerprint density at radius 1 is 1.36 bits per heavy atom. The highest BCUT2D eigenvalue weighted by Gasteiger charge is 2.34. The van der Waals surface area contributed by atoms with Gasteiger partial charge in [0.1, 0.15) is 11.9 Å². The summed E-state index contributed by atoms with van der Waals surface area (Å²) in [7, 11) is 3.01. The number of ether oxygens (including phenoxy) is 3. The van der Waals surface area contributed by atoms with Gasteiger partial charge >= 0.3 is 6.09 Å². The van der Waals surface area contributed by atoms with Gasteiger partial charge in [-0.1, -0.05) is 12.7 Å². The number of amides is 1. The van der Waals surface area contributed by atoms with Crippen molar-refractivity contribution in [2.45, 2.75) is 25.5 Å². The number of fused-ring (bicyclic) bond motifs is 1. The van der Waals surface area contributed by atoms with Crippen LogP contribution < -0.4 is 9.47 Å². The summed E-state index contributed by atoms with van der Waals surface area (Å²) in [6.07, 6.45) is 1.98. The summed E-state index contributed by atoms with van der Waals surface area (Å²) < 4.78 is 16.2. The standard InChI is InChI=1S/C19H22N2O4/c1-5-13-9-14-6-7-15(23-3)10-17(14)20-18(13)25-16-8-12(2)21(11-16)19(22)24-4/h5-7,9-10,12,16H,1,8,11H2,2-4H3/t12-,16-/m1/s1. The first-order chi connectivity index (χ1) is 12.0. The first-order valence-corrected chi connectivity index (χ1v) is 8.18. The molecule has 0 radical (unpaired) electrons. The summed E-state index contributed by atoms with van der Waals surface area (Å²) >= 11 is 0. The monoisotopic (exact) mass is 342 g/mol. The van der Waals surface area contributed by atoms with Gasteiger partial charge in [0.25, 0.3) is 0 Å². The Morgan fingerprint density at radius 3 is 2.84 bits per heavy atom. The van der Waals surface area contributed by atoms with Gasteiger partial charge in [-0.25, -0.2) is 9.78 Å². The SMILES string of the molecule is C=Cc1cc2ccc(OC)cc2nc1O[C@@H]1C[C@@H](C)N(C(=O)OC)C1. The van der Waals surface area contributed by atoms with Crippen molar-refractivity contribution in [3.05, 3.63) is 36.4 Å². The van der Waals surface area contributed by atoms with Crippen LogP contribution >= 0.6 is 0 Å². The molecule has 2 aromatic rings. The second-order valence-corrected chi connectivity index (χ2v) is 6.09. The van der Waals surface area contributed by atoms with Crippen LogP contribution in [0.25, 0.3) is 17.0 Å². The fraction of sp³-hybridized carbons (Fsp3) is 0.368. The van der Waals surface area contributed by atoms with Crippen molar-refractivity contribution in [2.24, 2.45) is 0 Å². The summed E-state index contributed by atoms with van der Waals surface area (Å²) in [5.74, 6) is 1.25. The molecular formula is C19H22N2O4. The summed E-state index contributed by atoms with van der Waals surface area (Å²) in [5.41, 5.74) is 1.61. The van der Waals surface area contributed by atoms with E-state index in [4.69, 9.17) is 14.2 Å². The maximum Gasteiger partial charge on any atom is 0.409 e. The predicted molar refractivity (Wildman–Crippen MR) is 96.0 cm³/mol. The van der Waals surface area contributed by atoms with Crippen LogP contribution in [-0.4, -0.2) is 48.9 Å². The lowest BCUT2D eigenvalue weighted by molar-refractivity contribution is 0.116. The minimum atomic E-state index is -0.334. The number of pyridine rings is 1. The third kappa shape index (κ3) is 3.38. The molecule has 1 saturated heterocycles. The Bertz CT molecular complexity index is 805. The van der Waals surface area contributed by atoms with Gasteiger partial charge in [-0.3, -0.25) is 0 Å². The number of hydrogen-bond acceptors (Lipinski definition) is 5. The summed E-state index contributed by atoms with van der Waals surface area (Å²) in [6.45, 7) is 6.30. The zero-order valence-electron chi connectivity index (χ0n) is 14.7. The summed E-state index contributed by atoms with van der Waals surface area (Å²) in [5, 5.41) is 0.985. The molecule has 1 aliphatic heterocycles. The molecule has 6 nitrogen and oxygen atoms in total. The van der Waals surface area contributed by atoms with Crippen molar-refractivity contribution in [3.63, 3.8) is 0 Å². The topological polar surface area (TPSA) is 60.9 Å². The van der Waals surface area contributed by atoms with E-state index in [1.165, 1.54) is 7.11 Å². The van der Waals surface area contributed by atoms with Gasteiger partial charge in [-0.05, 0) is 25.1 Å². The molecule has 0 N–H and O–H groups in total. The lowest BCUT2D eigenvalue weighted by Gasteiger charge is -2.19. The predicted octanol–water partition coefficient (Wildman–Crippen LogP) is 3.49. The number of carbonyl (C=O) groups excluding carboxylic acids is 1. The Hall–Kier alpha value is -2.76. The van der Waals surface area contributed by atoms with Crippen molar-refractivity contribution in [1.29, 1.82) is 0 Å². The Kier molecular flexibility index (Phi) is 4.79. The number of likely N-dealkylation sites (tertiary alicyclic amines) is 1. The summed E-state index contributed by atoms with van der Waals surface area (Å²) in [4.78, 5) is 18.1. The Labute approximate surface area is 147 Å². The molecule has 1 aromatic carbocycles. The van der Waals surface area contributed by atoms with Crippen LogP contribution in [0.15, 0.2) is 30.8 Å². The third-order valence-corrected chi connectivity index (χ3v) is 4.46. The second kappa shape index (κ2) is 7.01. The Morgan fingerprint density at radius 2 is 2.16 bits per heavy atom. The molecule has 1 aromatic heterocycles. The minimum absolute atomic E-state index is 0.0604. The van der Waals surface area contributed by atoms with Crippen LogP contribution in [0.3, 0.4) is 0 Å². The second-order valence-electron chi connectivity index (χ2n) is 6.09.